The Hall–Kier alpha value is -1.39. The lowest BCUT2D eigenvalue weighted by atomic mass is 10.0. The molecule has 100 valence electrons. The lowest BCUT2D eigenvalue weighted by molar-refractivity contribution is -0.133. The van der Waals surface area contributed by atoms with Crippen LogP contribution in [-0.2, 0) is 9.53 Å². The van der Waals surface area contributed by atoms with Crippen LogP contribution < -0.4 is 5.73 Å². The molecule has 18 heavy (non-hydrogen) atoms. The van der Waals surface area contributed by atoms with Crippen molar-refractivity contribution >= 4 is 5.91 Å². The molecule has 1 aromatic rings. The molecule has 4 heteroatoms. The zero-order valence-corrected chi connectivity index (χ0v) is 11.3. The van der Waals surface area contributed by atoms with Crippen LogP contribution in [0.2, 0.25) is 0 Å². The van der Waals surface area contributed by atoms with Gasteiger partial charge in [-0.3, -0.25) is 4.79 Å². The molecular formula is C14H22N2O2. The van der Waals surface area contributed by atoms with Crippen molar-refractivity contribution in [2.75, 3.05) is 26.8 Å². The third kappa shape index (κ3) is 3.82. The van der Waals surface area contributed by atoms with Crippen LogP contribution in [-0.4, -0.2) is 37.6 Å². The first-order chi connectivity index (χ1) is 8.60. The molecule has 0 saturated heterocycles. The van der Waals surface area contributed by atoms with E-state index < -0.39 is 6.04 Å². The predicted molar refractivity (Wildman–Crippen MR) is 72.2 cm³/mol. The Labute approximate surface area is 109 Å². The van der Waals surface area contributed by atoms with Crippen molar-refractivity contribution in [3.63, 3.8) is 0 Å². The Morgan fingerprint density at radius 1 is 1.39 bits per heavy atom. The second kappa shape index (κ2) is 7.13. The lowest BCUT2D eigenvalue weighted by Gasteiger charge is -2.24. The van der Waals surface area contributed by atoms with Crippen LogP contribution in [0, 0.1) is 6.92 Å². The monoisotopic (exact) mass is 250 g/mol. The molecule has 0 saturated carbocycles. The molecule has 0 aliphatic heterocycles. The Morgan fingerprint density at radius 3 is 2.50 bits per heavy atom. The van der Waals surface area contributed by atoms with Gasteiger partial charge in [-0.2, -0.15) is 0 Å². The molecule has 0 heterocycles. The van der Waals surface area contributed by atoms with E-state index in [0.29, 0.717) is 19.7 Å². The van der Waals surface area contributed by atoms with Gasteiger partial charge in [0.05, 0.1) is 6.61 Å². The van der Waals surface area contributed by atoms with Crippen LogP contribution in [0.5, 0.6) is 0 Å². The van der Waals surface area contributed by atoms with E-state index in [1.807, 2.05) is 38.1 Å². The number of nitrogens with zero attached hydrogens (tertiary/aromatic N) is 1. The summed E-state index contributed by atoms with van der Waals surface area (Å²) < 4.78 is 4.99. The molecule has 0 bridgehead atoms. The highest BCUT2D eigenvalue weighted by molar-refractivity contribution is 5.83. The summed E-state index contributed by atoms with van der Waals surface area (Å²) in [6.45, 7) is 5.69. The second-order valence-corrected chi connectivity index (χ2v) is 4.30. The van der Waals surface area contributed by atoms with Crippen LogP contribution in [0.3, 0.4) is 0 Å². The fourth-order valence-corrected chi connectivity index (χ4v) is 1.74. The van der Waals surface area contributed by atoms with Gasteiger partial charge in [-0.15, -0.1) is 0 Å². The summed E-state index contributed by atoms with van der Waals surface area (Å²) in [6.07, 6.45) is 0. The van der Waals surface area contributed by atoms with Crippen molar-refractivity contribution in [1.29, 1.82) is 0 Å². The maximum atomic E-state index is 12.2. The summed E-state index contributed by atoms with van der Waals surface area (Å²) in [6, 6.07) is 7.15. The summed E-state index contributed by atoms with van der Waals surface area (Å²) in [5, 5.41) is 0. The van der Waals surface area contributed by atoms with Gasteiger partial charge in [0.15, 0.2) is 0 Å². The summed E-state index contributed by atoms with van der Waals surface area (Å²) >= 11 is 0. The fourth-order valence-electron chi connectivity index (χ4n) is 1.74. The molecule has 0 aliphatic rings. The minimum Gasteiger partial charge on any atom is -0.383 e. The van der Waals surface area contributed by atoms with E-state index in [1.165, 1.54) is 0 Å². The Bertz CT molecular complexity index is 376. The van der Waals surface area contributed by atoms with E-state index in [1.54, 1.807) is 12.0 Å². The van der Waals surface area contributed by atoms with Crippen molar-refractivity contribution < 1.29 is 9.53 Å². The molecule has 1 rings (SSSR count). The molecule has 0 aromatic heterocycles. The Balaban J connectivity index is 2.72. The van der Waals surface area contributed by atoms with E-state index in [-0.39, 0.29) is 5.91 Å². The topological polar surface area (TPSA) is 55.6 Å². The van der Waals surface area contributed by atoms with Crippen LogP contribution in [0.4, 0.5) is 0 Å². The Kier molecular flexibility index (Phi) is 5.82. The summed E-state index contributed by atoms with van der Waals surface area (Å²) in [5.74, 6) is -0.0570. The van der Waals surface area contributed by atoms with Gasteiger partial charge in [-0.1, -0.05) is 29.8 Å². The molecule has 1 aromatic carbocycles. The Morgan fingerprint density at radius 2 is 2.00 bits per heavy atom. The van der Waals surface area contributed by atoms with E-state index in [4.69, 9.17) is 10.5 Å². The molecule has 0 spiro atoms. The van der Waals surface area contributed by atoms with Crippen molar-refractivity contribution in [1.82, 2.24) is 4.90 Å². The van der Waals surface area contributed by atoms with Gasteiger partial charge < -0.3 is 15.4 Å². The summed E-state index contributed by atoms with van der Waals surface area (Å²) in [5.41, 5.74) is 8.01. The first-order valence-electron chi connectivity index (χ1n) is 6.20. The van der Waals surface area contributed by atoms with Gasteiger partial charge in [-0.25, -0.2) is 0 Å². The minimum absolute atomic E-state index is 0.0570. The largest absolute Gasteiger partial charge is 0.383 e. The molecule has 0 fully saturated rings. The summed E-state index contributed by atoms with van der Waals surface area (Å²) in [7, 11) is 1.62. The minimum atomic E-state index is -0.595. The number of carbonyl (C=O) groups is 1. The highest BCUT2D eigenvalue weighted by Gasteiger charge is 2.20. The van der Waals surface area contributed by atoms with Gasteiger partial charge in [-0.05, 0) is 19.4 Å². The predicted octanol–water partition coefficient (Wildman–Crippen LogP) is 1.49. The quantitative estimate of drug-likeness (QED) is 0.832. The van der Waals surface area contributed by atoms with Crippen LogP contribution in [0.1, 0.15) is 24.1 Å². The van der Waals surface area contributed by atoms with Crippen LogP contribution in [0.25, 0.3) is 0 Å². The molecule has 4 nitrogen and oxygen atoms in total. The van der Waals surface area contributed by atoms with Crippen molar-refractivity contribution in [3.05, 3.63) is 35.4 Å². The zero-order chi connectivity index (χ0) is 13.5. The highest BCUT2D eigenvalue weighted by atomic mass is 16.5. The van der Waals surface area contributed by atoms with Crippen LogP contribution >= 0.6 is 0 Å². The SMILES string of the molecule is CCN(CCOC)C(=O)C(N)c1ccc(C)cc1. The molecule has 1 atom stereocenters. The second-order valence-electron chi connectivity index (χ2n) is 4.30. The van der Waals surface area contributed by atoms with Crippen LogP contribution in [0.15, 0.2) is 24.3 Å². The molecule has 1 unspecified atom stereocenters. The van der Waals surface area contributed by atoms with E-state index in [0.717, 1.165) is 11.1 Å². The van der Waals surface area contributed by atoms with Gasteiger partial charge >= 0.3 is 0 Å². The van der Waals surface area contributed by atoms with Crippen molar-refractivity contribution in [2.45, 2.75) is 19.9 Å². The average Bonchev–Trinajstić information content (AvgIpc) is 2.39. The van der Waals surface area contributed by atoms with E-state index in [2.05, 4.69) is 0 Å². The first-order valence-corrected chi connectivity index (χ1v) is 6.20. The third-order valence-electron chi connectivity index (χ3n) is 2.96. The number of aryl methyl sites for hydroxylation is 1. The van der Waals surface area contributed by atoms with Gasteiger partial charge in [0, 0.05) is 20.2 Å². The molecule has 2 N–H and O–H groups in total. The van der Waals surface area contributed by atoms with Crippen molar-refractivity contribution in [3.8, 4) is 0 Å². The number of rotatable bonds is 6. The number of ether oxygens (including phenoxy) is 1. The number of carbonyl (C=O) groups excluding carboxylic acids is 1. The number of amides is 1. The van der Waals surface area contributed by atoms with Gasteiger partial charge in [0.1, 0.15) is 6.04 Å². The molecule has 0 radical (unpaired) electrons. The molecule has 0 aliphatic carbocycles. The molecule has 1 amide bonds. The number of hydrogen-bond acceptors (Lipinski definition) is 3. The fraction of sp³-hybridized carbons (Fsp3) is 0.500. The standard InChI is InChI=1S/C14H22N2O2/c1-4-16(9-10-18-3)14(17)13(15)12-7-5-11(2)6-8-12/h5-8,13H,4,9-10,15H2,1-3H3. The summed E-state index contributed by atoms with van der Waals surface area (Å²) in [4.78, 5) is 13.9. The van der Waals surface area contributed by atoms with Gasteiger partial charge in [0.2, 0.25) is 5.91 Å². The number of hydrogen-bond donors (Lipinski definition) is 1. The number of nitrogens with two attached hydrogens (primary N) is 1. The van der Waals surface area contributed by atoms with Gasteiger partial charge in [0.25, 0.3) is 0 Å². The number of benzene rings is 1. The van der Waals surface area contributed by atoms with Crippen molar-refractivity contribution in [2.24, 2.45) is 5.73 Å². The molecular weight excluding hydrogens is 228 g/mol. The normalized spacial score (nSPS) is 12.2. The average molecular weight is 250 g/mol. The smallest absolute Gasteiger partial charge is 0.244 e. The third-order valence-corrected chi connectivity index (χ3v) is 2.96. The number of methoxy groups -OCH3 is 1. The maximum Gasteiger partial charge on any atom is 0.244 e. The number of likely N-dealkylation sites (N-methyl/N-ethyl adjacent to an activating group) is 1. The van der Waals surface area contributed by atoms with E-state index >= 15 is 0 Å². The highest BCUT2D eigenvalue weighted by Crippen LogP contribution is 2.14. The lowest BCUT2D eigenvalue weighted by Crippen LogP contribution is -2.40. The van der Waals surface area contributed by atoms with E-state index in [9.17, 15) is 4.79 Å². The first kappa shape index (κ1) is 14.7. The maximum absolute atomic E-state index is 12.2. The zero-order valence-electron chi connectivity index (χ0n) is 11.3.